The Labute approximate surface area is 121 Å². The highest BCUT2D eigenvalue weighted by Gasteiger charge is 2.42. The van der Waals surface area contributed by atoms with Gasteiger partial charge in [-0.1, -0.05) is 30.3 Å². The van der Waals surface area contributed by atoms with Gasteiger partial charge in [-0.25, -0.2) is 9.18 Å². The van der Waals surface area contributed by atoms with E-state index in [1.165, 1.54) is 13.8 Å². The predicted molar refractivity (Wildman–Crippen MR) is 73.8 cm³/mol. The minimum Gasteiger partial charge on any atom is -0.480 e. The summed E-state index contributed by atoms with van der Waals surface area (Å²) in [6.45, 7) is 1.60. The number of hydrogen-bond donors (Lipinski definition) is 1. The Balaban J connectivity index is 2.48. The number of alkyl halides is 1. The fourth-order valence-electron chi connectivity index (χ4n) is 2.05. The van der Waals surface area contributed by atoms with Gasteiger partial charge in [0.25, 0.3) is 5.91 Å². The lowest BCUT2D eigenvalue weighted by atomic mass is 9.97. The SMILES string of the molecule is CC(C)(C(=O)O)N1COC(CF)=C(c2ccccc2)C1=O. The van der Waals surface area contributed by atoms with Crippen LogP contribution in [-0.2, 0) is 14.3 Å². The number of nitrogens with zero attached hydrogens (tertiary/aromatic N) is 1. The van der Waals surface area contributed by atoms with E-state index in [4.69, 9.17) is 4.74 Å². The van der Waals surface area contributed by atoms with E-state index in [9.17, 15) is 19.1 Å². The Morgan fingerprint density at radius 1 is 1.38 bits per heavy atom. The van der Waals surface area contributed by atoms with Crippen LogP contribution in [0.1, 0.15) is 19.4 Å². The van der Waals surface area contributed by atoms with Crippen molar-refractivity contribution < 1.29 is 23.8 Å². The molecule has 0 radical (unpaired) electrons. The van der Waals surface area contributed by atoms with Crippen molar-refractivity contribution in [2.45, 2.75) is 19.4 Å². The molecule has 1 N–H and O–H groups in total. The number of halogens is 1. The lowest BCUT2D eigenvalue weighted by Gasteiger charge is -2.38. The highest BCUT2D eigenvalue weighted by atomic mass is 19.1. The van der Waals surface area contributed by atoms with E-state index in [1.54, 1.807) is 30.3 Å². The monoisotopic (exact) mass is 293 g/mol. The fourth-order valence-corrected chi connectivity index (χ4v) is 2.05. The fraction of sp³-hybridized carbons (Fsp3) is 0.333. The third-order valence-electron chi connectivity index (χ3n) is 3.49. The van der Waals surface area contributed by atoms with Crippen LogP contribution in [0.15, 0.2) is 36.1 Å². The maximum Gasteiger partial charge on any atom is 0.329 e. The number of ether oxygens (including phenoxy) is 1. The maximum absolute atomic E-state index is 13.1. The van der Waals surface area contributed by atoms with Crippen LogP contribution in [0.3, 0.4) is 0 Å². The molecule has 1 aromatic rings. The molecule has 0 saturated heterocycles. The number of carboxylic acids is 1. The molecule has 1 aromatic carbocycles. The summed E-state index contributed by atoms with van der Waals surface area (Å²) in [6.07, 6.45) is 0. The van der Waals surface area contributed by atoms with Crippen LogP contribution in [-0.4, -0.2) is 40.8 Å². The number of carboxylic acid groups (broad SMARTS) is 1. The van der Waals surface area contributed by atoms with Gasteiger partial charge in [-0.05, 0) is 19.4 Å². The van der Waals surface area contributed by atoms with Crippen LogP contribution in [0, 0.1) is 0 Å². The number of aliphatic carboxylic acids is 1. The minimum absolute atomic E-state index is 0.0661. The van der Waals surface area contributed by atoms with Gasteiger partial charge in [-0.15, -0.1) is 0 Å². The summed E-state index contributed by atoms with van der Waals surface area (Å²) >= 11 is 0. The molecular formula is C15H16FNO4. The van der Waals surface area contributed by atoms with Crippen molar-refractivity contribution in [3.05, 3.63) is 41.7 Å². The number of carbonyl (C=O) groups is 2. The zero-order valence-corrected chi connectivity index (χ0v) is 11.8. The molecule has 21 heavy (non-hydrogen) atoms. The molecule has 0 unspecified atom stereocenters. The van der Waals surface area contributed by atoms with Crippen molar-refractivity contribution >= 4 is 17.4 Å². The van der Waals surface area contributed by atoms with E-state index in [2.05, 4.69) is 0 Å². The summed E-state index contributed by atoms with van der Waals surface area (Å²) < 4.78 is 18.4. The largest absolute Gasteiger partial charge is 0.480 e. The van der Waals surface area contributed by atoms with Crippen LogP contribution >= 0.6 is 0 Å². The van der Waals surface area contributed by atoms with Gasteiger partial charge in [0.2, 0.25) is 0 Å². The van der Waals surface area contributed by atoms with E-state index >= 15 is 0 Å². The van der Waals surface area contributed by atoms with E-state index in [-0.39, 0.29) is 18.1 Å². The van der Waals surface area contributed by atoms with Crippen LogP contribution in [0.5, 0.6) is 0 Å². The van der Waals surface area contributed by atoms with Gasteiger partial charge in [0.05, 0.1) is 5.57 Å². The molecule has 2 rings (SSSR count). The van der Waals surface area contributed by atoms with Gasteiger partial charge < -0.3 is 9.84 Å². The zero-order valence-electron chi connectivity index (χ0n) is 11.8. The first-order valence-corrected chi connectivity index (χ1v) is 6.42. The van der Waals surface area contributed by atoms with Gasteiger partial charge in [-0.3, -0.25) is 9.69 Å². The molecule has 0 aliphatic carbocycles. The van der Waals surface area contributed by atoms with Crippen LogP contribution in [0.2, 0.25) is 0 Å². The molecule has 6 heteroatoms. The smallest absolute Gasteiger partial charge is 0.329 e. The number of allylic oxidation sites excluding steroid dienone is 1. The van der Waals surface area contributed by atoms with Crippen LogP contribution in [0.25, 0.3) is 5.57 Å². The number of rotatable bonds is 4. The van der Waals surface area contributed by atoms with Gasteiger partial charge >= 0.3 is 5.97 Å². The molecule has 1 amide bonds. The molecule has 1 aliphatic rings. The summed E-state index contributed by atoms with van der Waals surface area (Å²) in [5.74, 6) is -1.77. The van der Waals surface area contributed by atoms with E-state index in [1.807, 2.05) is 0 Å². The summed E-state index contributed by atoms with van der Waals surface area (Å²) in [6, 6.07) is 8.51. The van der Waals surface area contributed by atoms with Gasteiger partial charge in [0.1, 0.15) is 18.0 Å². The van der Waals surface area contributed by atoms with Gasteiger partial charge in [0.15, 0.2) is 6.73 Å². The lowest BCUT2D eigenvalue weighted by Crippen LogP contribution is -2.55. The van der Waals surface area contributed by atoms with Crippen molar-refractivity contribution in [2.75, 3.05) is 13.4 Å². The maximum atomic E-state index is 13.1. The molecule has 1 heterocycles. The topological polar surface area (TPSA) is 66.8 Å². The molecule has 0 aromatic heterocycles. The van der Waals surface area contributed by atoms with E-state index < -0.39 is 24.1 Å². The second kappa shape index (κ2) is 5.55. The number of hydrogen-bond acceptors (Lipinski definition) is 3. The number of benzene rings is 1. The van der Waals surface area contributed by atoms with Crippen molar-refractivity contribution in [3.8, 4) is 0 Å². The Morgan fingerprint density at radius 2 is 2.00 bits per heavy atom. The summed E-state index contributed by atoms with van der Waals surface area (Å²) in [5.41, 5.74) is -0.876. The zero-order chi connectivity index (χ0) is 15.6. The molecule has 0 saturated carbocycles. The van der Waals surface area contributed by atoms with Crippen LogP contribution < -0.4 is 0 Å². The molecular weight excluding hydrogens is 277 g/mol. The van der Waals surface area contributed by atoms with Crippen LogP contribution in [0.4, 0.5) is 4.39 Å². The quantitative estimate of drug-likeness (QED) is 0.922. The lowest BCUT2D eigenvalue weighted by molar-refractivity contribution is -0.160. The Morgan fingerprint density at radius 3 is 2.52 bits per heavy atom. The van der Waals surface area contributed by atoms with Crippen molar-refractivity contribution in [3.63, 3.8) is 0 Å². The molecule has 0 atom stereocenters. The molecule has 0 spiro atoms. The summed E-state index contributed by atoms with van der Waals surface area (Å²) in [4.78, 5) is 25.0. The predicted octanol–water partition coefficient (Wildman–Crippen LogP) is 2.05. The third kappa shape index (κ3) is 2.61. The molecule has 0 bridgehead atoms. The minimum atomic E-state index is -1.45. The van der Waals surface area contributed by atoms with Crippen molar-refractivity contribution in [1.29, 1.82) is 0 Å². The second-order valence-electron chi connectivity index (χ2n) is 5.17. The number of carbonyl (C=O) groups excluding carboxylic acids is 1. The molecule has 112 valence electrons. The number of amides is 1. The Bertz CT molecular complexity index is 595. The standard InChI is InChI=1S/C15H16FNO4/c1-15(2,14(19)20)17-9-21-11(8-16)12(13(17)18)10-6-4-3-5-7-10/h3-7H,8-9H2,1-2H3,(H,19,20). The van der Waals surface area contributed by atoms with E-state index in [0.29, 0.717) is 5.56 Å². The summed E-state index contributed by atoms with van der Waals surface area (Å²) in [5, 5.41) is 9.25. The highest BCUT2D eigenvalue weighted by molar-refractivity contribution is 6.21. The van der Waals surface area contributed by atoms with Crippen molar-refractivity contribution in [2.24, 2.45) is 0 Å². The van der Waals surface area contributed by atoms with E-state index in [0.717, 1.165) is 4.90 Å². The first-order chi connectivity index (χ1) is 9.89. The Hall–Kier alpha value is -2.37. The first-order valence-electron chi connectivity index (χ1n) is 6.42. The second-order valence-corrected chi connectivity index (χ2v) is 5.17. The molecule has 5 nitrogen and oxygen atoms in total. The summed E-state index contributed by atoms with van der Waals surface area (Å²) in [7, 11) is 0. The molecule has 1 aliphatic heterocycles. The Kier molecular flexibility index (Phi) is 3.97. The van der Waals surface area contributed by atoms with Gasteiger partial charge in [-0.2, -0.15) is 0 Å². The highest BCUT2D eigenvalue weighted by Crippen LogP contribution is 2.30. The average molecular weight is 293 g/mol. The third-order valence-corrected chi connectivity index (χ3v) is 3.49. The molecule has 0 fully saturated rings. The average Bonchev–Trinajstić information content (AvgIpc) is 2.47. The van der Waals surface area contributed by atoms with Gasteiger partial charge in [0, 0.05) is 0 Å². The van der Waals surface area contributed by atoms with Crippen molar-refractivity contribution in [1.82, 2.24) is 4.90 Å². The first kappa shape index (κ1) is 15.0. The normalized spacial score (nSPS) is 16.0.